The van der Waals surface area contributed by atoms with E-state index in [1.54, 1.807) is 0 Å². The molecule has 1 aromatic heterocycles. The van der Waals surface area contributed by atoms with Crippen molar-refractivity contribution in [2.75, 3.05) is 6.54 Å². The van der Waals surface area contributed by atoms with Crippen molar-refractivity contribution in [3.8, 4) is 0 Å². The van der Waals surface area contributed by atoms with Crippen molar-refractivity contribution in [3.63, 3.8) is 0 Å². The summed E-state index contributed by atoms with van der Waals surface area (Å²) in [4.78, 5) is 24.5. The van der Waals surface area contributed by atoms with Gasteiger partial charge in [0.15, 0.2) is 0 Å². The zero-order valence-electron chi connectivity index (χ0n) is 9.06. The molecule has 0 fully saturated rings. The molecule has 3 N–H and O–H groups in total. The van der Waals surface area contributed by atoms with Crippen LogP contribution in [0.4, 0.5) is 0 Å². The molecule has 0 bridgehead atoms. The molecule has 0 spiro atoms. The largest absolute Gasteiger partial charge is 0.349 e. The van der Waals surface area contributed by atoms with Gasteiger partial charge in [0.25, 0.3) is 5.91 Å². The first-order chi connectivity index (χ1) is 8.25. The van der Waals surface area contributed by atoms with Gasteiger partial charge in [0.2, 0.25) is 5.82 Å². The van der Waals surface area contributed by atoms with E-state index in [9.17, 15) is 9.59 Å². The number of amides is 1. The molecular weight excluding hydrogens is 220 g/mol. The minimum atomic E-state index is -0.488. The summed E-state index contributed by atoms with van der Waals surface area (Å²) < 4.78 is 0. The predicted octanol–water partition coefficient (Wildman–Crippen LogP) is 0.0705. The van der Waals surface area contributed by atoms with Gasteiger partial charge in [-0.15, -0.1) is 5.10 Å². The van der Waals surface area contributed by atoms with Gasteiger partial charge in [-0.3, -0.25) is 9.78 Å². The third-order valence-electron chi connectivity index (χ3n) is 2.26. The summed E-state index contributed by atoms with van der Waals surface area (Å²) >= 11 is 0. The number of carbonyl (C=O) groups is 1. The quantitative estimate of drug-likeness (QED) is 0.696. The zero-order valence-corrected chi connectivity index (χ0v) is 9.06. The van der Waals surface area contributed by atoms with Gasteiger partial charge in [-0.1, -0.05) is 30.3 Å². The highest BCUT2D eigenvalue weighted by Crippen LogP contribution is 1.98. The van der Waals surface area contributed by atoms with Crippen molar-refractivity contribution in [3.05, 3.63) is 52.2 Å². The fourth-order valence-electron chi connectivity index (χ4n) is 1.43. The number of nitrogens with zero attached hydrogens (tertiary/aromatic N) is 1. The first-order valence-electron chi connectivity index (χ1n) is 5.22. The van der Waals surface area contributed by atoms with Crippen molar-refractivity contribution in [1.82, 2.24) is 20.5 Å². The molecule has 0 saturated heterocycles. The molecule has 88 valence electrons. The topological polar surface area (TPSA) is 90.6 Å². The van der Waals surface area contributed by atoms with Crippen LogP contribution in [0.15, 0.2) is 35.1 Å². The lowest BCUT2D eigenvalue weighted by molar-refractivity contribution is 0.0944. The molecule has 0 unspecified atom stereocenters. The summed E-state index contributed by atoms with van der Waals surface area (Å²) in [6, 6.07) is 9.81. The number of H-pyrrole nitrogens is 2. The minimum Gasteiger partial charge on any atom is -0.349 e. The first-order valence-corrected chi connectivity index (χ1v) is 5.22. The second-order valence-corrected chi connectivity index (χ2v) is 3.52. The standard InChI is InChI=1S/C11H12N4O2/c16-10(9-13-11(17)15-14-9)12-7-6-8-4-2-1-3-5-8/h1-5H,6-7H2,(H,12,16)(H2,13,14,15,17). The molecule has 1 amide bonds. The molecule has 6 heteroatoms. The average molecular weight is 232 g/mol. The maximum Gasteiger partial charge on any atom is 0.341 e. The molecule has 0 atom stereocenters. The molecule has 0 aliphatic heterocycles. The zero-order chi connectivity index (χ0) is 12.1. The van der Waals surface area contributed by atoms with Gasteiger partial charge in [0, 0.05) is 6.54 Å². The van der Waals surface area contributed by atoms with Crippen molar-refractivity contribution >= 4 is 5.91 Å². The van der Waals surface area contributed by atoms with Crippen LogP contribution in [0.25, 0.3) is 0 Å². The Balaban J connectivity index is 1.83. The molecular formula is C11H12N4O2. The van der Waals surface area contributed by atoms with Gasteiger partial charge in [-0.25, -0.2) is 9.89 Å². The van der Waals surface area contributed by atoms with Crippen LogP contribution >= 0.6 is 0 Å². The van der Waals surface area contributed by atoms with E-state index in [2.05, 4.69) is 20.5 Å². The normalized spacial score (nSPS) is 10.1. The van der Waals surface area contributed by atoms with Gasteiger partial charge < -0.3 is 5.32 Å². The molecule has 0 aliphatic carbocycles. The first kappa shape index (κ1) is 11.1. The molecule has 6 nitrogen and oxygen atoms in total. The van der Waals surface area contributed by atoms with Gasteiger partial charge in [-0.05, 0) is 12.0 Å². The molecule has 1 heterocycles. The summed E-state index contributed by atoms with van der Waals surface area (Å²) in [5, 5.41) is 8.34. The Bertz CT molecular complexity index is 544. The Morgan fingerprint density at radius 1 is 1.29 bits per heavy atom. The van der Waals surface area contributed by atoms with Crippen molar-refractivity contribution in [2.24, 2.45) is 0 Å². The van der Waals surface area contributed by atoms with Crippen LogP contribution < -0.4 is 11.0 Å². The summed E-state index contributed by atoms with van der Waals surface area (Å²) in [5.41, 5.74) is 0.654. The molecule has 1 aromatic carbocycles. The molecule has 2 rings (SSSR count). The molecule has 17 heavy (non-hydrogen) atoms. The van der Waals surface area contributed by atoms with Gasteiger partial charge in [-0.2, -0.15) is 0 Å². The van der Waals surface area contributed by atoms with Gasteiger partial charge in [0.1, 0.15) is 0 Å². The van der Waals surface area contributed by atoms with Crippen LogP contribution in [0, 0.1) is 0 Å². The third kappa shape index (κ3) is 3.04. The summed E-state index contributed by atoms with van der Waals surface area (Å²) in [7, 11) is 0. The smallest absolute Gasteiger partial charge is 0.341 e. The van der Waals surface area contributed by atoms with Gasteiger partial charge in [0.05, 0.1) is 0 Å². The second kappa shape index (κ2) is 5.11. The Morgan fingerprint density at radius 2 is 2.06 bits per heavy atom. The van der Waals surface area contributed by atoms with Crippen molar-refractivity contribution in [1.29, 1.82) is 0 Å². The molecule has 0 radical (unpaired) electrons. The van der Waals surface area contributed by atoms with Crippen LogP contribution in [-0.2, 0) is 6.42 Å². The fourth-order valence-corrected chi connectivity index (χ4v) is 1.43. The predicted molar refractivity (Wildman–Crippen MR) is 61.7 cm³/mol. The minimum absolute atomic E-state index is 0.00283. The Hall–Kier alpha value is -2.37. The average Bonchev–Trinajstić information content (AvgIpc) is 2.77. The van der Waals surface area contributed by atoms with E-state index in [4.69, 9.17) is 0 Å². The fraction of sp³-hybridized carbons (Fsp3) is 0.182. The number of nitrogens with one attached hydrogen (secondary N) is 3. The Kier molecular flexibility index (Phi) is 3.34. The highest BCUT2D eigenvalue weighted by Gasteiger charge is 2.08. The number of hydrogen-bond donors (Lipinski definition) is 3. The van der Waals surface area contributed by atoms with Crippen LogP contribution in [-0.4, -0.2) is 27.6 Å². The second-order valence-electron chi connectivity index (χ2n) is 3.52. The van der Waals surface area contributed by atoms with Crippen LogP contribution in [0.2, 0.25) is 0 Å². The number of rotatable bonds is 4. The summed E-state index contributed by atoms with van der Waals surface area (Å²) in [5.74, 6) is -0.387. The van der Waals surface area contributed by atoms with E-state index in [-0.39, 0.29) is 11.7 Å². The number of aromatic nitrogens is 3. The Labute approximate surface area is 97.1 Å². The van der Waals surface area contributed by atoms with Crippen molar-refractivity contribution < 1.29 is 4.79 Å². The maximum absolute atomic E-state index is 11.5. The monoisotopic (exact) mass is 232 g/mol. The SMILES string of the molecule is O=C(NCCc1ccccc1)c1n[nH]c(=O)[nH]1. The van der Waals surface area contributed by atoms with Gasteiger partial charge >= 0.3 is 5.69 Å². The lowest BCUT2D eigenvalue weighted by atomic mass is 10.1. The van der Waals surface area contributed by atoms with E-state index in [1.165, 1.54) is 0 Å². The van der Waals surface area contributed by atoms with Crippen LogP contribution in [0.5, 0.6) is 0 Å². The maximum atomic E-state index is 11.5. The van der Waals surface area contributed by atoms with Crippen molar-refractivity contribution in [2.45, 2.75) is 6.42 Å². The molecule has 0 saturated carbocycles. The highest BCUT2D eigenvalue weighted by atomic mass is 16.2. The summed E-state index contributed by atoms with van der Waals surface area (Å²) in [6.45, 7) is 0.498. The van der Waals surface area contributed by atoms with Crippen LogP contribution in [0.3, 0.4) is 0 Å². The van der Waals surface area contributed by atoms with Crippen LogP contribution in [0.1, 0.15) is 16.2 Å². The number of benzene rings is 1. The lowest BCUT2D eigenvalue weighted by Crippen LogP contribution is -2.27. The molecule has 0 aliphatic rings. The van der Waals surface area contributed by atoms with E-state index >= 15 is 0 Å². The Morgan fingerprint density at radius 3 is 2.71 bits per heavy atom. The highest BCUT2D eigenvalue weighted by molar-refractivity contribution is 5.90. The molecule has 2 aromatic rings. The summed E-state index contributed by atoms with van der Waals surface area (Å²) in [6.07, 6.45) is 0.737. The van der Waals surface area contributed by atoms with E-state index in [1.807, 2.05) is 30.3 Å². The lowest BCUT2D eigenvalue weighted by Gasteiger charge is -2.02. The van der Waals surface area contributed by atoms with E-state index in [0.717, 1.165) is 12.0 Å². The number of hydrogen-bond acceptors (Lipinski definition) is 3. The van der Waals surface area contributed by atoms with E-state index < -0.39 is 5.69 Å². The number of carbonyl (C=O) groups excluding carboxylic acids is 1. The third-order valence-corrected chi connectivity index (χ3v) is 2.26. The van der Waals surface area contributed by atoms with E-state index in [0.29, 0.717) is 6.54 Å². The number of aromatic amines is 2.